The molecule has 3 rings (SSSR count). The van der Waals surface area contributed by atoms with Crippen molar-refractivity contribution in [3.05, 3.63) is 24.2 Å². The van der Waals surface area contributed by atoms with Gasteiger partial charge in [0.05, 0.1) is 19.4 Å². The third kappa shape index (κ3) is 4.61. The molecule has 1 aromatic heterocycles. The fourth-order valence-corrected chi connectivity index (χ4v) is 3.88. The van der Waals surface area contributed by atoms with Gasteiger partial charge in [-0.05, 0) is 18.1 Å². The Morgan fingerprint density at radius 1 is 1.24 bits per heavy atom. The van der Waals surface area contributed by atoms with Gasteiger partial charge < -0.3 is 14.6 Å². The molecule has 2 aliphatic rings. The predicted molar refractivity (Wildman–Crippen MR) is 93.8 cm³/mol. The maximum atomic E-state index is 12.1. The molecule has 25 heavy (non-hydrogen) atoms. The van der Waals surface area contributed by atoms with E-state index in [0.29, 0.717) is 25.0 Å². The number of likely N-dealkylation sites (tertiary alicyclic amines) is 1. The van der Waals surface area contributed by atoms with Crippen LogP contribution in [0.2, 0.25) is 0 Å². The highest BCUT2D eigenvalue weighted by molar-refractivity contribution is 5.78. The van der Waals surface area contributed by atoms with Crippen LogP contribution in [0.15, 0.2) is 22.8 Å². The highest BCUT2D eigenvalue weighted by Crippen LogP contribution is 2.22. The Bertz CT molecular complexity index is 581. The summed E-state index contributed by atoms with van der Waals surface area (Å²) in [5.41, 5.74) is 0. The van der Waals surface area contributed by atoms with Gasteiger partial charge in [0, 0.05) is 52.2 Å². The van der Waals surface area contributed by atoms with Gasteiger partial charge in [0.1, 0.15) is 5.76 Å². The Kier molecular flexibility index (Phi) is 5.75. The Balaban J connectivity index is 1.43. The normalized spacial score (nSPS) is 25.3. The van der Waals surface area contributed by atoms with E-state index in [4.69, 9.17) is 4.42 Å². The Hall–Kier alpha value is -1.86. The second-order valence-corrected chi connectivity index (χ2v) is 7.14. The van der Waals surface area contributed by atoms with Gasteiger partial charge in [-0.3, -0.25) is 19.4 Å². The lowest BCUT2D eigenvalue weighted by molar-refractivity contribution is -0.131. The second-order valence-electron chi connectivity index (χ2n) is 7.14. The molecule has 2 amide bonds. The average Bonchev–Trinajstić information content (AvgIpc) is 3.23. The van der Waals surface area contributed by atoms with E-state index >= 15 is 0 Å². The first-order chi connectivity index (χ1) is 12.0. The molecule has 0 spiro atoms. The molecule has 7 nitrogen and oxygen atoms in total. The smallest absolute Gasteiger partial charge is 0.234 e. The van der Waals surface area contributed by atoms with E-state index in [1.165, 1.54) is 0 Å². The van der Waals surface area contributed by atoms with Gasteiger partial charge in [-0.25, -0.2) is 0 Å². The van der Waals surface area contributed by atoms with Crippen molar-refractivity contribution in [2.45, 2.75) is 26.4 Å². The molecule has 0 radical (unpaired) electrons. The van der Waals surface area contributed by atoms with Gasteiger partial charge in [0.2, 0.25) is 11.8 Å². The molecule has 0 unspecified atom stereocenters. The molecule has 2 fully saturated rings. The molecule has 1 N–H and O–H groups in total. The molecular formula is C18H28N4O3. The molecule has 138 valence electrons. The topological polar surface area (TPSA) is 69.0 Å². The van der Waals surface area contributed by atoms with Crippen molar-refractivity contribution in [2.24, 2.45) is 5.92 Å². The van der Waals surface area contributed by atoms with Crippen LogP contribution in [0.25, 0.3) is 0 Å². The van der Waals surface area contributed by atoms with Crippen molar-refractivity contribution in [3.8, 4) is 0 Å². The molecule has 2 atom stereocenters. The largest absolute Gasteiger partial charge is 0.467 e. The molecular weight excluding hydrogens is 320 g/mol. The fourth-order valence-electron chi connectivity index (χ4n) is 3.88. The molecule has 0 bridgehead atoms. The number of nitrogens with one attached hydrogen (secondary N) is 1. The fraction of sp³-hybridized carbons (Fsp3) is 0.667. The van der Waals surface area contributed by atoms with Crippen LogP contribution in [0.5, 0.6) is 0 Å². The van der Waals surface area contributed by atoms with Crippen LogP contribution in [0.3, 0.4) is 0 Å². The average molecular weight is 348 g/mol. The predicted octanol–water partition coefficient (Wildman–Crippen LogP) is 0.380. The molecule has 2 saturated heterocycles. The van der Waals surface area contributed by atoms with E-state index < -0.39 is 0 Å². The summed E-state index contributed by atoms with van der Waals surface area (Å²) in [5, 5.41) is 2.91. The number of hydrogen-bond acceptors (Lipinski definition) is 5. The summed E-state index contributed by atoms with van der Waals surface area (Å²) < 4.78 is 5.23. The minimum atomic E-state index is 0.0330. The number of nitrogens with zero attached hydrogens (tertiary/aromatic N) is 3. The summed E-state index contributed by atoms with van der Waals surface area (Å²) in [6, 6.07) is 4.14. The van der Waals surface area contributed by atoms with Crippen molar-refractivity contribution in [3.63, 3.8) is 0 Å². The van der Waals surface area contributed by atoms with Crippen molar-refractivity contribution in [1.82, 2.24) is 20.0 Å². The van der Waals surface area contributed by atoms with Crippen LogP contribution < -0.4 is 5.32 Å². The summed E-state index contributed by atoms with van der Waals surface area (Å²) in [7, 11) is 0. The highest BCUT2D eigenvalue weighted by atomic mass is 16.3. The van der Waals surface area contributed by atoms with Crippen LogP contribution in [-0.4, -0.2) is 78.4 Å². The second kappa shape index (κ2) is 8.01. The van der Waals surface area contributed by atoms with Gasteiger partial charge in [-0.15, -0.1) is 0 Å². The number of carbonyl (C=O) groups is 2. The first-order valence-electron chi connectivity index (χ1n) is 9.04. The van der Waals surface area contributed by atoms with E-state index in [9.17, 15) is 9.59 Å². The van der Waals surface area contributed by atoms with Crippen molar-refractivity contribution in [1.29, 1.82) is 0 Å². The first-order valence-corrected chi connectivity index (χ1v) is 9.04. The summed E-state index contributed by atoms with van der Waals surface area (Å²) in [5.74, 6) is 1.49. The van der Waals surface area contributed by atoms with Crippen LogP contribution >= 0.6 is 0 Å². The zero-order valence-electron chi connectivity index (χ0n) is 15.1. The number of carbonyl (C=O) groups excluding carboxylic acids is 2. The third-order valence-corrected chi connectivity index (χ3v) is 5.28. The van der Waals surface area contributed by atoms with E-state index in [1.54, 1.807) is 13.2 Å². The Morgan fingerprint density at radius 2 is 2.00 bits per heavy atom. The van der Waals surface area contributed by atoms with E-state index in [1.807, 2.05) is 17.0 Å². The van der Waals surface area contributed by atoms with Crippen molar-refractivity contribution >= 4 is 11.8 Å². The van der Waals surface area contributed by atoms with E-state index in [0.717, 1.165) is 45.0 Å². The molecule has 1 aromatic rings. The molecule has 7 heteroatoms. The zero-order chi connectivity index (χ0) is 17.8. The minimum Gasteiger partial charge on any atom is -0.467 e. The standard InChI is InChI=1S/C18H28N4O3/c1-14-11-20(13-18(24)19-10-16-4-3-9-25-16)12-17(14)22-7-5-21(6-8-22)15(2)23/h3-4,9,14,17H,5-8,10-13H2,1-2H3,(H,19,24)/t14-,17+/m1/s1. The van der Waals surface area contributed by atoms with E-state index in [-0.39, 0.29) is 11.8 Å². The maximum Gasteiger partial charge on any atom is 0.234 e. The minimum absolute atomic E-state index is 0.0330. The number of hydrogen-bond donors (Lipinski definition) is 1. The molecule has 0 aliphatic carbocycles. The maximum absolute atomic E-state index is 12.1. The third-order valence-electron chi connectivity index (χ3n) is 5.28. The Morgan fingerprint density at radius 3 is 2.64 bits per heavy atom. The zero-order valence-corrected chi connectivity index (χ0v) is 15.1. The number of rotatable bonds is 5. The van der Waals surface area contributed by atoms with Gasteiger partial charge in [-0.2, -0.15) is 0 Å². The van der Waals surface area contributed by atoms with Gasteiger partial charge in [-0.1, -0.05) is 6.92 Å². The molecule has 0 aromatic carbocycles. The van der Waals surface area contributed by atoms with Gasteiger partial charge in [0.25, 0.3) is 0 Å². The van der Waals surface area contributed by atoms with Crippen LogP contribution in [-0.2, 0) is 16.1 Å². The lowest BCUT2D eigenvalue weighted by Gasteiger charge is -2.39. The van der Waals surface area contributed by atoms with Gasteiger partial charge in [0.15, 0.2) is 0 Å². The quantitative estimate of drug-likeness (QED) is 0.833. The molecule has 2 aliphatic heterocycles. The summed E-state index contributed by atoms with van der Waals surface area (Å²) >= 11 is 0. The number of amides is 2. The Labute approximate surface area is 148 Å². The number of furan rings is 1. The van der Waals surface area contributed by atoms with Crippen LogP contribution in [0.4, 0.5) is 0 Å². The lowest BCUT2D eigenvalue weighted by atomic mass is 10.0. The van der Waals surface area contributed by atoms with Crippen molar-refractivity contribution < 1.29 is 14.0 Å². The SMILES string of the molecule is CC(=O)N1CCN([C@H]2CN(CC(=O)NCc3ccco3)C[C@H]2C)CC1. The summed E-state index contributed by atoms with van der Waals surface area (Å²) in [6.07, 6.45) is 1.61. The van der Waals surface area contributed by atoms with Gasteiger partial charge >= 0.3 is 0 Å². The highest BCUT2D eigenvalue weighted by Gasteiger charge is 2.36. The van der Waals surface area contributed by atoms with Crippen LogP contribution in [0, 0.1) is 5.92 Å². The lowest BCUT2D eigenvalue weighted by Crippen LogP contribution is -2.53. The van der Waals surface area contributed by atoms with E-state index in [2.05, 4.69) is 22.0 Å². The number of piperazine rings is 1. The monoisotopic (exact) mass is 348 g/mol. The molecule has 0 saturated carbocycles. The molecule has 3 heterocycles. The summed E-state index contributed by atoms with van der Waals surface area (Å²) in [6.45, 7) is 10.1. The first kappa shape index (κ1) is 17.9. The summed E-state index contributed by atoms with van der Waals surface area (Å²) in [4.78, 5) is 30.2. The van der Waals surface area contributed by atoms with Crippen LogP contribution in [0.1, 0.15) is 19.6 Å². The van der Waals surface area contributed by atoms with Crippen molar-refractivity contribution in [2.75, 3.05) is 45.8 Å².